The van der Waals surface area contributed by atoms with Gasteiger partial charge in [-0.2, -0.15) is 0 Å². The third-order valence-electron chi connectivity index (χ3n) is 3.72. The van der Waals surface area contributed by atoms with Crippen LogP contribution in [0.2, 0.25) is 0 Å². The first kappa shape index (κ1) is 18.0. The van der Waals surface area contributed by atoms with Crippen molar-refractivity contribution in [3.63, 3.8) is 0 Å². The predicted molar refractivity (Wildman–Crippen MR) is 105 cm³/mol. The van der Waals surface area contributed by atoms with Gasteiger partial charge in [0.15, 0.2) is 5.96 Å². The fourth-order valence-corrected chi connectivity index (χ4v) is 3.03. The topological polar surface area (TPSA) is 62.9 Å². The van der Waals surface area contributed by atoms with Crippen LogP contribution in [0.3, 0.4) is 0 Å². The number of oxazole rings is 1. The summed E-state index contributed by atoms with van der Waals surface area (Å²) in [5, 5.41) is 5.30. The summed E-state index contributed by atoms with van der Waals surface area (Å²) in [5.74, 6) is 2.30. The minimum absolute atomic E-state index is 0.547. The second kappa shape index (κ2) is 9.05. The van der Waals surface area contributed by atoms with Crippen molar-refractivity contribution >= 4 is 17.3 Å². The summed E-state index contributed by atoms with van der Waals surface area (Å²) < 4.78 is 11.3. The van der Waals surface area contributed by atoms with Gasteiger partial charge in [0.25, 0.3) is 0 Å². The Morgan fingerprint density at radius 1 is 1.27 bits per heavy atom. The normalized spacial score (nSPS) is 11.4. The molecule has 3 rings (SSSR count). The summed E-state index contributed by atoms with van der Waals surface area (Å²) in [5.41, 5.74) is 0.837. The number of para-hydroxylation sites is 1. The Bertz CT molecular complexity index is 815. The molecule has 0 aliphatic rings. The van der Waals surface area contributed by atoms with E-state index in [1.165, 1.54) is 0 Å². The van der Waals surface area contributed by atoms with Crippen LogP contribution < -0.4 is 10.1 Å². The molecule has 0 radical (unpaired) electrons. The minimum Gasteiger partial charge on any atom is -0.492 e. The second-order valence-corrected chi connectivity index (χ2v) is 6.55. The van der Waals surface area contributed by atoms with Crippen molar-refractivity contribution in [2.75, 3.05) is 27.2 Å². The molecule has 2 aromatic heterocycles. The number of ether oxygens (including phenoxy) is 1. The van der Waals surface area contributed by atoms with Crippen molar-refractivity contribution in [1.29, 1.82) is 0 Å². The molecule has 1 N–H and O–H groups in total. The highest BCUT2D eigenvalue weighted by molar-refractivity contribution is 7.13. The molecule has 0 unspecified atom stereocenters. The molecule has 0 aliphatic heterocycles. The Morgan fingerprint density at radius 2 is 2.12 bits per heavy atom. The van der Waals surface area contributed by atoms with Gasteiger partial charge in [-0.1, -0.05) is 24.3 Å². The minimum atomic E-state index is 0.547. The lowest BCUT2D eigenvalue weighted by molar-refractivity contribution is 0.281. The van der Waals surface area contributed by atoms with Crippen molar-refractivity contribution in [3.05, 3.63) is 59.8 Å². The van der Waals surface area contributed by atoms with Gasteiger partial charge >= 0.3 is 0 Å². The third-order valence-corrected chi connectivity index (χ3v) is 4.58. The monoisotopic (exact) mass is 370 g/mol. The maximum absolute atomic E-state index is 5.73. The lowest BCUT2D eigenvalue weighted by Crippen LogP contribution is -2.40. The van der Waals surface area contributed by atoms with Crippen LogP contribution >= 0.6 is 11.3 Å². The number of guanidine groups is 1. The van der Waals surface area contributed by atoms with Crippen molar-refractivity contribution in [3.8, 4) is 16.5 Å². The smallest absolute Gasteiger partial charge is 0.236 e. The summed E-state index contributed by atoms with van der Waals surface area (Å²) in [6.07, 6.45) is 1.67. The molecule has 0 spiro atoms. The number of hydrogen-bond acceptors (Lipinski definition) is 5. The number of rotatable bonds is 7. The van der Waals surface area contributed by atoms with E-state index in [-0.39, 0.29) is 0 Å². The van der Waals surface area contributed by atoms with Crippen molar-refractivity contribution in [2.24, 2.45) is 4.99 Å². The summed E-state index contributed by atoms with van der Waals surface area (Å²) >= 11 is 1.61. The molecule has 0 amide bonds. The van der Waals surface area contributed by atoms with E-state index in [9.17, 15) is 0 Å². The first-order valence-electron chi connectivity index (χ1n) is 8.34. The van der Waals surface area contributed by atoms with E-state index in [4.69, 9.17) is 9.15 Å². The van der Waals surface area contributed by atoms with Gasteiger partial charge in [-0.3, -0.25) is 4.99 Å². The summed E-state index contributed by atoms with van der Waals surface area (Å²) in [6.45, 7) is 1.84. The fraction of sp³-hybridized carbons (Fsp3) is 0.263. The zero-order chi connectivity index (χ0) is 18.2. The van der Waals surface area contributed by atoms with Crippen LogP contribution in [0.5, 0.6) is 5.75 Å². The molecular weight excluding hydrogens is 348 g/mol. The highest BCUT2D eigenvalue weighted by atomic mass is 32.1. The number of benzene rings is 1. The van der Waals surface area contributed by atoms with Gasteiger partial charge in [-0.25, -0.2) is 4.98 Å². The van der Waals surface area contributed by atoms with E-state index in [1.54, 1.807) is 24.6 Å². The Kier molecular flexibility index (Phi) is 6.27. The number of nitrogens with one attached hydrogen (secondary N) is 1. The van der Waals surface area contributed by atoms with Crippen LogP contribution in [0.15, 0.2) is 63.5 Å². The highest BCUT2D eigenvalue weighted by Crippen LogP contribution is 2.23. The van der Waals surface area contributed by atoms with Crippen molar-refractivity contribution in [2.45, 2.75) is 6.54 Å². The van der Waals surface area contributed by atoms with Gasteiger partial charge in [-0.05, 0) is 23.6 Å². The first-order chi connectivity index (χ1) is 12.8. The molecule has 6 nitrogen and oxygen atoms in total. The van der Waals surface area contributed by atoms with Gasteiger partial charge in [0.1, 0.15) is 18.6 Å². The largest absolute Gasteiger partial charge is 0.492 e. The Balaban J connectivity index is 1.46. The number of nitrogens with zero attached hydrogens (tertiary/aromatic N) is 3. The third kappa shape index (κ3) is 4.86. The summed E-state index contributed by atoms with van der Waals surface area (Å²) in [7, 11) is 3.74. The number of aromatic nitrogens is 1. The first-order valence-corrected chi connectivity index (χ1v) is 9.22. The number of thiophene rings is 1. The highest BCUT2D eigenvalue weighted by Gasteiger charge is 2.10. The maximum Gasteiger partial charge on any atom is 0.236 e. The Labute approximate surface area is 157 Å². The molecule has 1 aromatic carbocycles. The van der Waals surface area contributed by atoms with Gasteiger partial charge in [0.2, 0.25) is 5.89 Å². The zero-order valence-electron chi connectivity index (χ0n) is 14.9. The number of hydrogen-bond donors (Lipinski definition) is 1. The van der Waals surface area contributed by atoms with Crippen LogP contribution in [0.4, 0.5) is 0 Å². The SMILES string of the molecule is CN=C(NCc1coc(-c2cccs2)n1)N(C)CCOc1ccccc1. The number of aliphatic imine (C=N–C) groups is 1. The van der Waals surface area contributed by atoms with Crippen LogP contribution in [-0.2, 0) is 6.54 Å². The van der Waals surface area contributed by atoms with Crippen LogP contribution in [0.25, 0.3) is 10.8 Å². The van der Waals surface area contributed by atoms with E-state index in [0.29, 0.717) is 25.6 Å². The molecular formula is C19H22N4O2S. The van der Waals surface area contributed by atoms with Gasteiger partial charge in [0, 0.05) is 14.1 Å². The summed E-state index contributed by atoms with van der Waals surface area (Å²) in [6, 6.07) is 13.8. The van der Waals surface area contributed by atoms with E-state index < -0.39 is 0 Å². The molecule has 7 heteroatoms. The van der Waals surface area contributed by atoms with Gasteiger partial charge in [-0.15, -0.1) is 11.3 Å². The molecule has 26 heavy (non-hydrogen) atoms. The van der Waals surface area contributed by atoms with E-state index in [1.807, 2.05) is 59.8 Å². The standard InChI is InChI=1S/C19H22N4O2S/c1-20-19(23(2)10-11-24-16-7-4-3-5-8-16)21-13-15-14-25-18(22-15)17-9-6-12-26-17/h3-9,12,14H,10-11,13H2,1-2H3,(H,20,21). The fourth-order valence-electron chi connectivity index (χ4n) is 2.38. The molecule has 0 saturated heterocycles. The molecule has 0 saturated carbocycles. The van der Waals surface area contributed by atoms with Gasteiger partial charge < -0.3 is 19.4 Å². The average Bonchev–Trinajstić information content (AvgIpc) is 3.35. The lowest BCUT2D eigenvalue weighted by Gasteiger charge is -2.21. The summed E-state index contributed by atoms with van der Waals surface area (Å²) in [4.78, 5) is 11.8. The van der Waals surface area contributed by atoms with E-state index in [2.05, 4.69) is 15.3 Å². The molecule has 0 atom stereocenters. The van der Waals surface area contributed by atoms with Crippen LogP contribution in [-0.4, -0.2) is 43.1 Å². The molecule has 0 aliphatic carbocycles. The van der Waals surface area contributed by atoms with Crippen molar-refractivity contribution in [1.82, 2.24) is 15.2 Å². The number of likely N-dealkylation sites (N-methyl/N-ethyl adjacent to an activating group) is 1. The van der Waals surface area contributed by atoms with Crippen LogP contribution in [0.1, 0.15) is 5.69 Å². The average molecular weight is 370 g/mol. The molecule has 2 heterocycles. The zero-order valence-corrected chi connectivity index (χ0v) is 15.7. The Morgan fingerprint density at radius 3 is 2.85 bits per heavy atom. The van der Waals surface area contributed by atoms with Crippen LogP contribution in [0, 0.1) is 0 Å². The maximum atomic E-state index is 5.73. The van der Waals surface area contributed by atoms with Gasteiger partial charge in [0.05, 0.1) is 23.7 Å². The molecule has 136 valence electrons. The van der Waals surface area contributed by atoms with E-state index in [0.717, 1.165) is 22.3 Å². The molecule has 0 bridgehead atoms. The van der Waals surface area contributed by atoms with E-state index >= 15 is 0 Å². The molecule has 0 fully saturated rings. The second-order valence-electron chi connectivity index (χ2n) is 5.61. The quantitative estimate of drug-likeness (QED) is 0.509. The lowest BCUT2D eigenvalue weighted by atomic mass is 10.3. The molecule has 3 aromatic rings. The van der Waals surface area contributed by atoms with Crippen molar-refractivity contribution < 1.29 is 9.15 Å². The Hall–Kier alpha value is -2.80. The predicted octanol–water partition coefficient (Wildman–Crippen LogP) is 3.49.